The highest BCUT2D eigenvalue weighted by molar-refractivity contribution is 5.65. The number of rotatable bonds is 3. The average Bonchev–Trinajstić information content (AvgIpc) is 2.81. The Hall–Kier alpha value is -1.84. The number of hydrogen-bond donors (Lipinski definition) is 2. The van der Waals surface area contributed by atoms with E-state index >= 15 is 0 Å². The second-order valence-corrected chi connectivity index (χ2v) is 3.24. The lowest BCUT2D eigenvalue weighted by Crippen LogP contribution is -2.02. The highest BCUT2D eigenvalue weighted by Crippen LogP contribution is 2.24. The molecule has 0 spiro atoms. The van der Waals surface area contributed by atoms with Crippen LogP contribution >= 0.6 is 0 Å². The van der Waals surface area contributed by atoms with E-state index in [1.165, 1.54) is 0 Å². The number of H-pyrrole nitrogens is 1. The first kappa shape index (κ1) is 9.71. The number of nitrogens with one attached hydrogen (secondary N) is 2. The Bertz CT molecular complexity index is 434. The summed E-state index contributed by atoms with van der Waals surface area (Å²) in [5.41, 5.74) is 3.15. The minimum atomic E-state index is 0.900. The Morgan fingerprint density at radius 3 is 2.87 bits per heavy atom. The van der Waals surface area contributed by atoms with Gasteiger partial charge in [-0.15, -0.1) is 0 Å². The van der Waals surface area contributed by atoms with E-state index in [9.17, 15) is 0 Å². The second-order valence-electron chi connectivity index (χ2n) is 3.24. The predicted octanol–water partition coefficient (Wildman–Crippen LogP) is 2.08. The third-order valence-corrected chi connectivity index (χ3v) is 2.39. The minimum absolute atomic E-state index is 0.900. The van der Waals surface area contributed by atoms with Crippen LogP contribution in [-0.2, 0) is 6.42 Å². The normalized spacial score (nSPS) is 10.3. The van der Waals surface area contributed by atoms with Gasteiger partial charge in [-0.1, -0.05) is 6.92 Å². The lowest BCUT2D eigenvalue weighted by molar-refractivity contribution is 1.04. The number of aromatic amines is 1. The van der Waals surface area contributed by atoms with Gasteiger partial charge in [0, 0.05) is 18.8 Å². The first-order valence-corrected chi connectivity index (χ1v) is 5.02. The molecule has 2 heterocycles. The zero-order valence-electron chi connectivity index (χ0n) is 8.91. The molecule has 0 amide bonds. The van der Waals surface area contributed by atoms with Crippen LogP contribution in [0.25, 0.3) is 11.4 Å². The molecule has 2 aromatic heterocycles. The summed E-state index contributed by atoms with van der Waals surface area (Å²) in [7, 11) is 1.87. The van der Waals surface area contributed by atoms with Gasteiger partial charge >= 0.3 is 0 Å². The number of aromatic nitrogens is 3. The molecular formula is C11H14N4. The molecular weight excluding hydrogens is 188 g/mol. The SMILES string of the molecule is CCc1c(NC)ncnc1-c1ccc[nH]1. The third kappa shape index (κ3) is 1.70. The van der Waals surface area contributed by atoms with Gasteiger partial charge in [-0.2, -0.15) is 0 Å². The average molecular weight is 202 g/mol. The maximum absolute atomic E-state index is 4.32. The summed E-state index contributed by atoms with van der Waals surface area (Å²) < 4.78 is 0. The molecule has 0 fully saturated rings. The van der Waals surface area contributed by atoms with Crippen LogP contribution in [0.3, 0.4) is 0 Å². The smallest absolute Gasteiger partial charge is 0.132 e. The topological polar surface area (TPSA) is 53.6 Å². The van der Waals surface area contributed by atoms with E-state index < -0.39 is 0 Å². The molecule has 78 valence electrons. The maximum Gasteiger partial charge on any atom is 0.132 e. The second kappa shape index (κ2) is 4.13. The van der Waals surface area contributed by atoms with Crippen LogP contribution in [0.2, 0.25) is 0 Å². The van der Waals surface area contributed by atoms with Gasteiger partial charge in [0.05, 0.1) is 11.4 Å². The molecule has 0 aliphatic rings. The van der Waals surface area contributed by atoms with Crippen LogP contribution in [0.4, 0.5) is 5.82 Å². The zero-order chi connectivity index (χ0) is 10.7. The van der Waals surface area contributed by atoms with E-state index in [1.54, 1.807) is 6.33 Å². The lowest BCUT2D eigenvalue weighted by atomic mass is 10.1. The summed E-state index contributed by atoms with van der Waals surface area (Å²) >= 11 is 0. The molecule has 2 rings (SSSR count). The fourth-order valence-corrected chi connectivity index (χ4v) is 1.67. The Balaban J connectivity index is 2.56. The highest BCUT2D eigenvalue weighted by Gasteiger charge is 2.10. The fraction of sp³-hybridized carbons (Fsp3) is 0.273. The number of nitrogens with zero attached hydrogens (tertiary/aromatic N) is 2. The predicted molar refractivity (Wildman–Crippen MR) is 60.7 cm³/mol. The number of hydrogen-bond acceptors (Lipinski definition) is 3. The molecule has 0 unspecified atom stereocenters. The molecule has 0 saturated carbocycles. The summed E-state index contributed by atoms with van der Waals surface area (Å²) in [6.45, 7) is 2.10. The van der Waals surface area contributed by atoms with Crippen LogP contribution in [-0.4, -0.2) is 22.0 Å². The van der Waals surface area contributed by atoms with E-state index in [0.717, 1.165) is 29.2 Å². The summed E-state index contributed by atoms with van der Waals surface area (Å²) in [6.07, 6.45) is 4.39. The zero-order valence-corrected chi connectivity index (χ0v) is 8.91. The summed E-state index contributed by atoms with van der Waals surface area (Å²) in [4.78, 5) is 11.7. The lowest BCUT2D eigenvalue weighted by Gasteiger charge is -2.09. The quantitative estimate of drug-likeness (QED) is 0.801. The van der Waals surface area contributed by atoms with Crippen molar-refractivity contribution in [2.75, 3.05) is 12.4 Å². The van der Waals surface area contributed by atoms with Gasteiger partial charge in [-0.3, -0.25) is 0 Å². The number of anilines is 1. The fourth-order valence-electron chi connectivity index (χ4n) is 1.67. The molecule has 0 radical (unpaired) electrons. The van der Waals surface area contributed by atoms with E-state index in [2.05, 4.69) is 27.2 Å². The molecule has 4 heteroatoms. The van der Waals surface area contributed by atoms with Gasteiger partial charge in [-0.25, -0.2) is 9.97 Å². The van der Waals surface area contributed by atoms with Crippen molar-refractivity contribution in [1.29, 1.82) is 0 Å². The first-order chi connectivity index (χ1) is 7.36. The van der Waals surface area contributed by atoms with Crippen LogP contribution in [0, 0.1) is 0 Å². The van der Waals surface area contributed by atoms with Crippen molar-refractivity contribution >= 4 is 5.82 Å². The monoisotopic (exact) mass is 202 g/mol. The minimum Gasteiger partial charge on any atom is -0.373 e. The van der Waals surface area contributed by atoms with Gasteiger partial charge in [0.1, 0.15) is 12.1 Å². The highest BCUT2D eigenvalue weighted by atomic mass is 15.0. The van der Waals surface area contributed by atoms with Gasteiger partial charge in [0.2, 0.25) is 0 Å². The van der Waals surface area contributed by atoms with Crippen LogP contribution < -0.4 is 5.32 Å². The van der Waals surface area contributed by atoms with E-state index in [-0.39, 0.29) is 0 Å². The molecule has 0 aliphatic carbocycles. The molecule has 15 heavy (non-hydrogen) atoms. The molecule has 4 nitrogen and oxygen atoms in total. The molecule has 0 bridgehead atoms. The van der Waals surface area contributed by atoms with E-state index in [1.807, 2.05) is 25.4 Å². The Labute approximate surface area is 88.8 Å². The summed E-state index contributed by atoms with van der Waals surface area (Å²) in [5.74, 6) is 0.900. The molecule has 0 saturated heterocycles. The van der Waals surface area contributed by atoms with Gasteiger partial charge in [0.25, 0.3) is 0 Å². The van der Waals surface area contributed by atoms with Crippen LogP contribution in [0.5, 0.6) is 0 Å². The van der Waals surface area contributed by atoms with Crippen molar-refractivity contribution < 1.29 is 0 Å². The van der Waals surface area contributed by atoms with Gasteiger partial charge in [0.15, 0.2) is 0 Å². The van der Waals surface area contributed by atoms with Crippen molar-refractivity contribution in [3.05, 3.63) is 30.2 Å². The summed E-state index contributed by atoms with van der Waals surface area (Å²) in [6, 6.07) is 3.98. The first-order valence-electron chi connectivity index (χ1n) is 5.02. The third-order valence-electron chi connectivity index (χ3n) is 2.39. The largest absolute Gasteiger partial charge is 0.373 e. The van der Waals surface area contributed by atoms with Crippen molar-refractivity contribution in [3.63, 3.8) is 0 Å². The molecule has 2 aromatic rings. The van der Waals surface area contributed by atoms with Crippen molar-refractivity contribution in [2.24, 2.45) is 0 Å². The van der Waals surface area contributed by atoms with Crippen molar-refractivity contribution in [2.45, 2.75) is 13.3 Å². The Kier molecular flexibility index (Phi) is 2.67. The summed E-state index contributed by atoms with van der Waals surface area (Å²) in [5, 5.41) is 3.08. The molecule has 2 N–H and O–H groups in total. The molecule has 0 aliphatic heterocycles. The Morgan fingerprint density at radius 2 is 2.27 bits per heavy atom. The van der Waals surface area contributed by atoms with E-state index in [0.29, 0.717) is 0 Å². The van der Waals surface area contributed by atoms with Crippen LogP contribution in [0.1, 0.15) is 12.5 Å². The van der Waals surface area contributed by atoms with Crippen LogP contribution in [0.15, 0.2) is 24.7 Å². The molecule has 0 aromatic carbocycles. The maximum atomic E-state index is 4.32. The van der Waals surface area contributed by atoms with Crippen molar-refractivity contribution in [3.8, 4) is 11.4 Å². The van der Waals surface area contributed by atoms with Gasteiger partial charge in [-0.05, 0) is 18.6 Å². The van der Waals surface area contributed by atoms with Crippen molar-refractivity contribution in [1.82, 2.24) is 15.0 Å². The Morgan fingerprint density at radius 1 is 1.40 bits per heavy atom. The molecule has 0 atom stereocenters. The standard InChI is InChI=1S/C11H14N4/c1-3-8-10(9-5-4-6-13-9)14-7-15-11(8)12-2/h4-7,13H,3H2,1-2H3,(H,12,14,15). The van der Waals surface area contributed by atoms with Gasteiger partial charge < -0.3 is 10.3 Å². The van der Waals surface area contributed by atoms with E-state index in [4.69, 9.17) is 0 Å².